The molecule has 0 N–H and O–H groups in total. The molecule has 0 nitrogen and oxygen atoms in total. The van der Waals surface area contributed by atoms with Crippen LogP contribution in [0.2, 0.25) is 0 Å². The van der Waals surface area contributed by atoms with Crippen molar-refractivity contribution in [3.63, 3.8) is 0 Å². The summed E-state index contributed by atoms with van der Waals surface area (Å²) in [6, 6.07) is 13.7. The Morgan fingerprint density at radius 2 is 0.520 bits per heavy atom. The predicted octanol–water partition coefficient (Wildman–Crippen LogP) is 5.51. The third-order valence-electron chi connectivity index (χ3n) is 2.36. The van der Waals surface area contributed by atoms with Crippen LogP contribution in [0.1, 0.15) is 0 Å². The summed E-state index contributed by atoms with van der Waals surface area (Å²) >= 11 is 0. The van der Waals surface area contributed by atoms with Gasteiger partial charge in [-0.2, -0.15) is 0 Å². The zero-order valence-corrected chi connectivity index (χ0v) is 13.9. The van der Waals surface area contributed by atoms with Crippen molar-refractivity contribution < 1.29 is 26.3 Å². The summed E-state index contributed by atoms with van der Waals surface area (Å²) in [5, 5.41) is 0. The number of rotatable bonds is 0. The molecule has 0 aliphatic heterocycles. The number of halogens is 6. The highest BCUT2D eigenvalue weighted by Crippen LogP contribution is 2.00. The van der Waals surface area contributed by atoms with Crippen molar-refractivity contribution in [1.82, 2.24) is 0 Å². The Morgan fingerprint density at radius 3 is 0.600 bits per heavy atom. The molecule has 0 aliphatic carbocycles. The molecule has 0 heterocycles. The summed E-state index contributed by atoms with van der Waals surface area (Å²) in [6.45, 7) is 0. The third-order valence-corrected chi connectivity index (χ3v) is 2.36. The van der Waals surface area contributed by atoms with E-state index in [-0.39, 0.29) is 17.4 Å². The Hall–Kier alpha value is -2.23. The highest BCUT2D eigenvalue weighted by atomic mass is 27.0. The fraction of sp³-hybridized carbons (Fsp3) is 0. The lowest BCUT2D eigenvalue weighted by atomic mass is 10.3. The molecule has 0 bridgehead atoms. The van der Waals surface area contributed by atoms with E-state index in [2.05, 4.69) is 0 Å². The van der Waals surface area contributed by atoms with E-state index in [0.717, 1.165) is 18.2 Å². The molecule has 0 amide bonds. The van der Waals surface area contributed by atoms with E-state index in [0.29, 0.717) is 0 Å². The van der Waals surface area contributed by atoms with Crippen molar-refractivity contribution in [3.8, 4) is 0 Å². The highest BCUT2D eigenvalue weighted by molar-refractivity contribution is 5.75. The summed E-state index contributed by atoms with van der Waals surface area (Å²) in [6.07, 6.45) is 0. The van der Waals surface area contributed by atoms with Crippen molar-refractivity contribution in [3.05, 3.63) is 108 Å². The Morgan fingerprint density at radius 1 is 0.360 bits per heavy atom. The zero-order chi connectivity index (χ0) is 17.9. The van der Waals surface area contributed by atoms with Crippen molar-refractivity contribution in [2.24, 2.45) is 0 Å². The maximum Gasteiger partial charge on any atom is 0.126 e. The topological polar surface area (TPSA) is 0 Å². The van der Waals surface area contributed by atoms with E-state index >= 15 is 0 Å². The van der Waals surface area contributed by atoms with Gasteiger partial charge >= 0.3 is 0 Å². The minimum Gasteiger partial charge on any atom is -0.207 e. The van der Waals surface area contributed by atoms with E-state index in [1.807, 2.05) is 0 Å². The molecule has 3 aromatic rings. The molecular weight excluding hydrogens is 357 g/mol. The molecule has 0 saturated carbocycles. The maximum absolute atomic E-state index is 11.9. The highest BCUT2D eigenvalue weighted by Gasteiger charge is 1.89. The molecule has 0 unspecified atom stereocenters. The van der Waals surface area contributed by atoms with Crippen LogP contribution in [-0.2, 0) is 0 Å². The first-order chi connectivity index (χ1) is 11.4. The Labute approximate surface area is 151 Å². The maximum atomic E-state index is 11.9. The van der Waals surface area contributed by atoms with Gasteiger partial charge in [-0.15, -0.1) is 0 Å². The number of hydrogen-bond acceptors (Lipinski definition) is 0. The quantitative estimate of drug-likeness (QED) is 0.362. The largest absolute Gasteiger partial charge is 0.207 e. The lowest BCUT2D eigenvalue weighted by molar-refractivity contribution is 0.582. The Bertz CT molecular complexity index is 609. The fourth-order valence-corrected chi connectivity index (χ4v) is 1.38. The molecule has 0 fully saturated rings. The van der Waals surface area contributed by atoms with E-state index in [1.165, 1.54) is 54.6 Å². The molecule has 0 aliphatic rings. The van der Waals surface area contributed by atoms with Crippen molar-refractivity contribution in [2.75, 3.05) is 0 Å². The van der Waals surface area contributed by atoms with E-state index < -0.39 is 34.9 Å². The van der Waals surface area contributed by atoms with Crippen molar-refractivity contribution in [2.45, 2.75) is 0 Å². The first-order valence-corrected chi connectivity index (χ1v) is 6.60. The third kappa shape index (κ3) is 11.0. The van der Waals surface area contributed by atoms with E-state index in [4.69, 9.17) is 0 Å². The molecule has 3 aromatic carbocycles. The molecular formula is C18H12AlF6. The second kappa shape index (κ2) is 12.2. The van der Waals surface area contributed by atoms with Gasteiger partial charge in [0.05, 0.1) is 0 Å². The summed E-state index contributed by atoms with van der Waals surface area (Å²) in [5.74, 6) is -3.22. The smallest absolute Gasteiger partial charge is 0.126 e. The van der Waals surface area contributed by atoms with Crippen molar-refractivity contribution in [1.29, 1.82) is 0 Å². The van der Waals surface area contributed by atoms with Crippen molar-refractivity contribution >= 4 is 17.4 Å². The normalized spacial score (nSPS) is 8.88. The Balaban J connectivity index is 0.000000339. The molecule has 0 aromatic heterocycles. The summed E-state index contributed by atoms with van der Waals surface area (Å²) in [7, 11) is 0. The van der Waals surface area contributed by atoms with Gasteiger partial charge in [0.15, 0.2) is 0 Å². The average molecular weight is 369 g/mol. The van der Waals surface area contributed by atoms with E-state index in [1.54, 1.807) is 0 Å². The van der Waals surface area contributed by atoms with Gasteiger partial charge < -0.3 is 0 Å². The predicted molar refractivity (Wildman–Crippen MR) is 84.8 cm³/mol. The molecule has 25 heavy (non-hydrogen) atoms. The minimum absolute atomic E-state index is 0. The second-order valence-electron chi connectivity index (χ2n) is 4.32. The van der Waals surface area contributed by atoms with Gasteiger partial charge in [0.25, 0.3) is 0 Å². The standard InChI is InChI=1S/3C6H4F2.Al/c3*7-5-2-1-3-6(8)4-5;/h3*1-4H;. The van der Waals surface area contributed by atoms with Crippen LogP contribution >= 0.6 is 0 Å². The lowest BCUT2D eigenvalue weighted by Crippen LogP contribution is -1.73. The summed E-state index contributed by atoms with van der Waals surface area (Å²) in [4.78, 5) is 0. The zero-order valence-electron chi connectivity index (χ0n) is 12.8. The average Bonchev–Trinajstić information content (AvgIpc) is 2.47. The summed E-state index contributed by atoms with van der Waals surface area (Å²) in [5.41, 5.74) is 0. The second-order valence-corrected chi connectivity index (χ2v) is 4.32. The SMILES string of the molecule is Fc1cccc(F)c1.Fc1cccc(F)c1.Fc1cccc(F)c1.[Al]. The fourth-order valence-electron chi connectivity index (χ4n) is 1.38. The molecule has 0 spiro atoms. The number of hydrogen-bond donors (Lipinski definition) is 0. The van der Waals surface area contributed by atoms with Crippen LogP contribution in [0.25, 0.3) is 0 Å². The van der Waals surface area contributed by atoms with Crippen LogP contribution in [-0.4, -0.2) is 17.4 Å². The Kier molecular flexibility index (Phi) is 11.1. The molecule has 0 saturated heterocycles. The molecule has 3 rings (SSSR count). The summed E-state index contributed by atoms with van der Waals surface area (Å²) < 4.78 is 71.6. The monoisotopic (exact) mass is 369 g/mol. The molecule has 7 heteroatoms. The molecule has 0 atom stereocenters. The van der Waals surface area contributed by atoms with Gasteiger partial charge in [-0.25, -0.2) is 26.3 Å². The van der Waals surface area contributed by atoms with Crippen LogP contribution < -0.4 is 0 Å². The lowest BCUT2D eigenvalue weighted by Gasteiger charge is -1.84. The van der Waals surface area contributed by atoms with Gasteiger partial charge in [0, 0.05) is 35.6 Å². The van der Waals surface area contributed by atoms with Crippen LogP contribution in [0.3, 0.4) is 0 Å². The van der Waals surface area contributed by atoms with Crippen LogP contribution in [0.5, 0.6) is 0 Å². The van der Waals surface area contributed by atoms with Crippen LogP contribution in [0, 0.1) is 34.9 Å². The first kappa shape index (κ1) is 22.8. The minimum atomic E-state index is -0.537. The van der Waals surface area contributed by atoms with Crippen LogP contribution in [0.15, 0.2) is 72.8 Å². The van der Waals surface area contributed by atoms with E-state index in [9.17, 15) is 26.3 Å². The number of benzene rings is 3. The first-order valence-electron chi connectivity index (χ1n) is 6.60. The van der Waals surface area contributed by atoms with Gasteiger partial charge in [-0.05, 0) is 36.4 Å². The molecule has 129 valence electrons. The van der Waals surface area contributed by atoms with Crippen LogP contribution in [0.4, 0.5) is 26.3 Å². The van der Waals surface area contributed by atoms with Gasteiger partial charge in [0.2, 0.25) is 0 Å². The molecule has 3 radical (unpaired) electrons. The van der Waals surface area contributed by atoms with Gasteiger partial charge in [-0.3, -0.25) is 0 Å². The van der Waals surface area contributed by atoms with Gasteiger partial charge in [-0.1, -0.05) is 18.2 Å². The van der Waals surface area contributed by atoms with Gasteiger partial charge in [0.1, 0.15) is 34.9 Å².